The minimum absolute atomic E-state index is 0.125. The number of ether oxygens (including phenoxy) is 1. The number of nitrogens with zero attached hydrogens (tertiary/aromatic N) is 2. The van der Waals surface area contributed by atoms with Gasteiger partial charge in [-0.3, -0.25) is 0 Å². The number of hydrogen-bond acceptors (Lipinski definition) is 5. The molecule has 11 heteroatoms. The summed E-state index contributed by atoms with van der Waals surface area (Å²) in [5, 5.41) is 6.11. The SMILES string of the molecule is FC(F)(F)Oc1cccc(-c2cc(Nc3cccc(C(F)(F)F)c3)nc(NC3CCCCC3)n2)c1. The summed E-state index contributed by atoms with van der Waals surface area (Å²) in [5.74, 6) is 0.00332. The zero-order valence-electron chi connectivity index (χ0n) is 18.4. The van der Waals surface area contributed by atoms with Crippen LogP contribution in [0.2, 0.25) is 0 Å². The molecule has 2 aromatic carbocycles. The van der Waals surface area contributed by atoms with Crippen LogP contribution in [0.3, 0.4) is 0 Å². The van der Waals surface area contributed by atoms with Gasteiger partial charge in [-0.2, -0.15) is 18.2 Å². The fraction of sp³-hybridized carbons (Fsp3) is 0.333. The van der Waals surface area contributed by atoms with Crippen molar-refractivity contribution < 1.29 is 31.1 Å². The third kappa shape index (κ3) is 7.00. The van der Waals surface area contributed by atoms with E-state index in [-0.39, 0.29) is 29.2 Å². The van der Waals surface area contributed by atoms with Gasteiger partial charge in [-0.05, 0) is 43.2 Å². The predicted molar refractivity (Wildman–Crippen MR) is 119 cm³/mol. The molecule has 0 saturated heterocycles. The minimum atomic E-state index is -4.85. The first-order chi connectivity index (χ1) is 16.5. The van der Waals surface area contributed by atoms with Gasteiger partial charge >= 0.3 is 12.5 Å². The van der Waals surface area contributed by atoms with Crippen LogP contribution in [0.15, 0.2) is 54.6 Å². The van der Waals surface area contributed by atoms with Crippen LogP contribution in [0.5, 0.6) is 5.75 Å². The second-order valence-corrected chi connectivity index (χ2v) is 8.22. The van der Waals surface area contributed by atoms with E-state index in [2.05, 4.69) is 25.3 Å². The standard InChI is InChI=1S/C24H22F6N4O/c25-23(26,27)16-7-5-10-18(13-16)31-21-14-20(15-6-4-11-19(12-15)35-24(28,29)30)33-22(34-21)32-17-8-2-1-3-9-17/h4-7,10-14,17H,1-3,8-9H2,(H2,31,32,33,34). The normalized spacial score (nSPS) is 15.0. The highest BCUT2D eigenvalue weighted by Crippen LogP contribution is 2.33. The van der Waals surface area contributed by atoms with Crippen LogP contribution in [0.4, 0.5) is 43.8 Å². The third-order valence-corrected chi connectivity index (χ3v) is 5.49. The number of halogens is 6. The van der Waals surface area contributed by atoms with E-state index in [1.807, 2.05) is 0 Å². The average molecular weight is 496 g/mol. The Labute approximate surface area is 197 Å². The number of rotatable bonds is 6. The summed E-state index contributed by atoms with van der Waals surface area (Å²) in [6.45, 7) is 0. The molecule has 186 valence electrons. The maximum atomic E-state index is 13.1. The predicted octanol–water partition coefficient (Wildman–Crippen LogP) is 7.55. The Hall–Kier alpha value is -3.50. The van der Waals surface area contributed by atoms with E-state index in [0.29, 0.717) is 5.56 Å². The van der Waals surface area contributed by atoms with Gasteiger partial charge in [0, 0.05) is 23.4 Å². The molecule has 2 N–H and O–H groups in total. The van der Waals surface area contributed by atoms with Crippen LogP contribution in [0, 0.1) is 0 Å². The summed E-state index contributed by atoms with van der Waals surface area (Å²) in [7, 11) is 0. The van der Waals surface area contributed by atoms with Gasteiger partial charge in [-0.15, -0.1) is 13.2 Å². The Morgan fingerprint density at radius 3 is 2.29 bits per heavy atom. The largest absolute Gasteiger partial charge is 0.573 e. The second kappa shape index (κ2) is 10.0. The molecule has 3 aromatic rings. The van der Waals surface area contributed by atoms with Crippen molar-refractivity contribution in [2.45, 2.75) is 50.7 Å². The molecule has 0 atom stereocenters. The topological polar surface area (TPSA) is 59.1 Å². The van der Waals surface area contributed by atoms with Gasteiger partial charge in [0.05, 0.1) is 11.3 Å². The maximum absolute atomic E-state index is 13.1. The van der Waals surface area contributed by atoms with Crippen LogP contribution in [0.25, 0.3) is 11.3 Å². The fourth-order valence-corrected chi connectivity index (χ4v) is 3.93. The van der Waals surface area contributed by atoms with Crippen molar-refractivity contribution in [3.63, 3.8) is 0 Å². The lowest BCUT2D eigenvalue weighted by molar-refractivity contribution is -0.274. The molecule has 1 aliphatic carbocycles. The van der Waals surface area contributed by atoms with Crippen molar-refractivity contribution in [1.82, 2.24) is 9.97 Å². The third-order valence-electron chi connectivity index (χ3n) is 5.49. The molecular formula is C24H22F6N4O. The van der Waals surface area contributed by atoms with E-state index in [1.165, 1.54) is 36.4 Å². The molecule has 5 nitrogen and oxygen atoms in total. The summed E-state index contributed by atoms with van der Waals surface area (Å²) >= 11 is 0. The molecule has 1 saturated carbocycles. The van der Waals surface area contributed by atoms with E-state index >= 15 is 0 Å². The fourth-order valence-electron chi connectivity index (χ4n) is 3.93. The first kappa shape index (κ1) is 24.6. The molecule has 0 amide bonds. The Balaban J connectivity index is 1.68. The van der Waals surface area contributed by atoms with Crippen molar-refractivity contribution in [2.24, 2.45) is 0 Å². The van der Waals surface area contributed by atoms with Crippen molar-refractivity contribution in [3.8, 4) is 17.0 Å². The molecule has 0 bridgehead atoms. The van der Waals surface area contributed by atoms with Crippen LogP contribution in [-0.4, -0.2) is 22.4 Å². The molecule has 35 heavy (non-hydrogen) atoms. The van der Waals surface area contributed by atoms with Gasteiger partial charge in [0.1, 0.15) is 11.6 Å². The molecule has 1 aromatic heterocycles. The highest BCUT2D eigenvalue weighted by atomic mass is 19.4. The molecule has 4 rings (SSSR count). The zero-order chi connectivity index (χ0) is 25.1. The highest BCUT2D eigenvalue weighted by molar-refractivity contribution is 5.68. The lowest BCUT2D eigenvalue weighted by Crippen LogP contribution is -2.23. The summed E-state index contributed by atoms with van der Waals surface area (Å²) in [6, 6.07) is 11.5. The minimum Gasteiger partial charge on any atom is -0.406 e. The van der Waals surface area contributed by atoms with Crippen LogP contribution >= 0.6 is 0 Å². The van der Waals surface area contributed by atoms with E-state index in [1.54, 1.807) is 6.07 Å². The van der Waals surface area contributed by atoms with Crippen LogP contribution in [0.1, 0.15) is 37.7 Å². The molecule has 0 aliphatic heterocycles. The molecule has 0 radical (unpaired) electrons. The highest BCUT2D eigenvalue weighted by Gasteiger charge is 2.31. The number of benzene rings is 2. The van der Waals surface area contributed by atoms with Gasteiger partial charge in [0.25, 0.3) is 0 Å². The Morgan fingerprint density at radius 1 is 0.829 bits per heavy atom. The molecule has 0 spiro atoms. The molecular weight excluding hydrogens is 474 g/mol. The first-order valence-electron chi connectivity index (χ1n) is 11.0. The number of anilines is 3. The number of hydrogen-bond donors (Lipinski definition) is 2. The van der Waals surface area contributed by atoms with Gasteiger partial charge in [0.2, 0.25) is 5.95 Å². The molecule has 1 fully saturated rings. The van der Waals surface area contributed by atoms with Crippen LogP contribution < -0.4 is 15.4 Å². The zero-order valence-corrected chi connectivity index (χ0v) is 18.4. The summed E-state index contributed by atoms with van der Waals surface area (Å²) in [5.41, 5.74) is -0.0649. The number of aromatic nitrogens is 2. The van der Waals surface area contributed by atoms with Gasteiger partial charge in [-0.25, -0.2) is 4.98 Å². The lowest BCUT2D eigenvalue weighted by Gasteiger charge is -2.23. The van der Waals surface area contributed by atoms with E-state index in [0.717, 1.165) is 44.2 Å². The Kier molecular flexibility index (Phi) is 7.04. The monoisotopic (exact) mass is 496 g/mol. The van der Waals surface area contributed by atoms with Crippen molar-refractivity contribution in [1.29, 1.82) is 0 Å². The quantitative estimate of drug-likeness (QED) is 0.345. The summed E-state index contributed by atoms with van der Waals surface area (Å²) in [4.78, 5) is 8.85. The van der Waals surface area contributed by atoms with Gasteiger partial charge in [0.15, 0.2) is 0 Å². The number of alkyl halides is 6. The van der Waals surface area contributed by atoms with E-state index in [4.69, 9.17) is 0 Å². The first-order valence-corrected chi connectivity index (χ1v) is 11.0. The van der Waals surface area contributed by atoms with E-state index in [9.17, 15) is 26.3 Å². The maximum Gasteiger partial charge on any atom is 0.573 e. The average Bonchev–Trinajstić information content (AvgIpc) is 2.78. The summed E-state index contributed by atoms with van der Waals surface area (Å²) < 4.78 is 81.4. The van der Waals surface area contributed by atoms with Gasteiger partial charge in [-0.1, -0.05) is 37.5 Å². The Bertz CT molecular complexity index is 1160. The van der Waals surface area contributed by atoms with Crippen LogP contribution in [-0.2, 0) is 6.18 Å². The molecule has 1 aliphatic rings. The molecule has 1 heterocycles. The molecule has 0 unspecified atom stereocenters. The lowest BCUT2D eigenvalue weighted by atomic mass is 9.96. The van der Waals surface area contributed by atoms with E-state index < -0.39 is 23.9 Å². The van der Waals surface area contributed by atoms with Crippen molar-refractivity contribution >= 4 is 17.5 Å². The second-order valence-electron chi connectivity index (χ2n) is 8.22. The summed E-state index contributed by atoms with van der Waals surface area (Å²) in [6.07, 6.45) is -4.31. The Morgan fingerprint density at radius 2 is 1.57 bits per heavy atom. The van der Waals surface area contributed by atoms with Crippen molar-refractivity contribution in [3.05, 3.63) is 60.2 Å². The van der Waals surface area contributed by atoms with Gasteiger partial charge < -0.3 is 15.4 Å². The van der Waals surface area contributed by atoms with Crippen molar-refractivity contribution in [2.75, 3.05) is 10.6 Å². The smallest absolute Gasteiger partial charge is 0.406 e. The number of nitrogens with one attached hydrogen (secondary N) is 2.